The highest BCUT2D eigenvalue weighted by Gasteiger charge is 2.18. The number of amides is 1. The van der Waals surface area contributed by atoms with Crippen LogP contribution in [0.1, 0.15) is 35.6 Å². The first kappa shape index (κ1) is 14.3. The number of aromatic amines is 1. The molecule has 0 fully saturated rings. The molecule has 4 rings (SSSR count). The number of aromatic nitrogens is 6. The summed E-state index contributed by atoms with van der Waals surface area (Å²) in [7, 11) is 0. The van der Waals surface area contributed by atoms with Gasteiger partial charge in [-0.15, -0.1) is 0 Å². The van der Waals surface area contributed by atoms with Crippen LogP contribution < -0.4 is 5.32 Å². The quantitative estimate of drug-likeness (QED) is 0.597. The van der Waals surface area contributed by atoms with E-state index in [2.05, 4.69) is 30.5 Å². The van der Waals surface area contributed by atoms with Crippen LogP contribution in [-0.4, -0.2) is 35.5 Å². The molecule has 8 nitrogen and oxygen atoms in total. The Balaban J connectivity index is 1.60. The molecule has 0 aromatic carbocycles. The molecule has 120 valence electrons. The van der Waals surface area contributed by atoms with Gasteiger partial charge in [0.15, 0.2) is 5.65 Å². The summed E-state index contributed by atoms with van der Waals surface area (Å²) in [5, 5.41) is 10.5. The van der Waals surface area contributed by atoms with Crippen molar-refractivity contribution < 1.29 is 4.79 Å². The van der Waals surface area contributed by atoms with Crippen LogP contribution in [0.2, 0.25) is 0 Å². The Morgan fingerprint density at radius 3 is 3.12 bits per heavy atom. The van der Waals surface area contributed by atoms with E-state index in [1.807, 2.05) is 35.9 Å². The second-order valence-electron chi connectivity index (χ2n) is 5.43. The summed E-state index contributed by atoms with van der Waals surface area (Å²) in [5.74, 6) is 0.362. The molecule has 2 N–H and O–H groups in total. The fraction of sp³-hybridized carbons (Fsp3) is 0.188. The number of hydrogen-bond acceptors (Lipinski definition) is 5. The van der Waals surface area contributed by atoms with E-state index < -0.39 is 0 Å². The zero-order chi connectivity index (χ0) is 16.5. The van der Waals surface area contributed by atoms with Crippen LogP contribution in [0, 0.1) is 0 Å². The number of nitrogens with one attached hydrogen (secondary N) is 2. The highest BCUT2D eigenvalue weighted by atomic mass is 16.1. The highest BCUT2D eigenvalue weighted by Crippen LogP contribution is 2.17. The monoisotopic (exact) mass is 321 g/mol. The van der Waals surface area contributed by atoms with Gasteiger partial charge < -0.3 is 5.32 Å². The Hall–Kier alpha value is -3.29. The van der Waals surface area contributed by atoms with Gasteiger partial charge >= 0.3 is 0 Å². The van der Waals surface area contributed by atoms with Gasteiger partial charge in [0.1, 0.15) is 5.69 Å². The number of pyridine rings is 1. The van der Waals surface area contributed by atoms with Gasteiger partial charge in [0.25, 0.3) is 5.91 Å². The normalized spacial score (nSPS) is 12.5. The van der Waals surface area contributed by atoms with Crippen molar-refractivity contribution in [1.29, 1.82) is 0 Å². The molecule has 0 aliphatic heterocycles. The second-order valence-corrected chi connectivity index (χ2v) is 5.43. The minimum absolute atomic E-state index is 0.210. The van der Waals surface area contributed by atoms with Crippen molar-refractivity contribution in [2.45, 2.75) is 19.4 Å². The Morgan fingerprint density at radius 1 is 1.38 bits per heavy atom. The molecule has 24 heavy (non-hydrogen) atoms. The molecule has 0 saturated carbocycles. The van der Waals surface area contributed by atoms with Crippen molar-refractivity contribution in [3.63, 3.8) is 0 Å². The third kappa shape index (κ3) is 2.47. The predicted molar refractivity (Wildman–Crippen MR) is 87.4 cm³/mol. The predicted octanol–water partition coefficient (Wildman–Crippen LogP) is 1.88. The average Bonchev–Trinajstić information content (AvgIpc) is 3.24. The molecule has 0 aliphatic rings. The smallest absolute Gasteiger partial charge is 0.270 e. The fourth-order valence-corrected chi connectivity index (χ4v) is 2.59. The van der Waals surface area contributed by atoms with E-state index in [0.717, 1.165) is 11.1 Å². The summed E-state index contributed by atoms with van der Waals surface area (Å²) in [6.07, 6.45) is 7.82. The molecule has 4 aromatic rings. The number of fused-ring (bicyclic) bond motifs is 2. The number of carbonyl (C=O) groups excluding carboxylic acids is 1. The van der Waals surface area contributed by atoms with Crippen molar-refractivity contribution in [3.8, 4) is 0 Å². The fourth-order valence-electron chi connectivity index (χ4n) is 2.59. The first-order chi connectivity index (χ1) is 11.7. The van der Waals surface area contributed by atoms with Crippen LogP contribution in [0.4, 0.5) is 0 Å². The van der Waals surface area contributed by atoms with Crippen molar-refractivity contribution in [2.75, 3.05) is 0 Å². The lowest BCUT2D eigenvalue weighted by molar-refractivity contribution is 0.0930. The lowest BCUT2D eigenvalue weighted by Gasteiger charge is -2.14. The summed E-state index contributed by atoms with van der Waals surface area (Å²) in [4.78, 5) is 25.5. The van der Waals surface area contributed by atoms with Gasteiger partial charge in [-0.1, -0.05) is 6.92 Å². The van der Waals surface area contributed by atoms with E-state index >= 15 is 0 Å². The Kier molecular flexibility index (Phi) is 3.42. The molecule has 0 radical (unpaired) electrons. The van der Waals surface area contributed by atoms with Crippen molar-refractivity contribution in [2.24, 2.45) is 0 Å². The lowest BCUT2D eigenvalue weighted by atomic mass is 10.1. The molecular weight excluding hydrogens is 306 g/mol. The van der Waals surface area contributed by atoms with Crippen molar-refractivity contribution >= 4 is 22.7 Å². The Morgan fingerprint density at radius 2 is 2.29 bits per heavy atom. The van der Waals surface area contributed by atoms with Gasteiger partial charge in [-0.3, -0.25) is 14.3 Å². The van der Waals surface area contributed by atoms with Crippen LogP contribution >= 0.6 is 0 Å². The molecule has 0 aliphatic carbocycles. The third-order valence-corrected chi connectivity index (χ3v) is 3.86. The number of carbonyl (C=O) groups is 1. The molecule has 4 heterocycles. The first-order valence-electron chi connectivity index (χ1n) is 7.65. The molecule has 8 heteroatoms. The van der Waals surface area contributed by atoms with E-state index in [-0.39, 0.29) is 11.9 Å². The summed E-state index contributed by atoms with van der Waals surface area (Å²) >= 11 is 0. The molecular formula is C16H15N7O. The molecule has 1 atom stereocenters. The van der Waals surface area contributed by atoms with Crippen LogP contribution in [0.25, 0.3) is 16.8 Å². The number of hydrogen-bond donors (Lipinski definition) is 2. The minimum Gasteiger partial charge on any atom is -0.342 e. The average molecular weight is 321 g/mol. The second kappa shape index (κ2) is 5.73. The van der Waals surface area contributed by atoms with E-state index in [1.165, 1.54) is 0 Å². The molecule has 1 unspecified atom stereocenters. The zero-order valence-electron chi connectivity index (χ0n) is 13.0. The van der Waals surface area contributed by atoms with E-state index in [4.69, 9.17) is 0 Å². The maximum absolute atomic E-state index is 12.5. The summed E-state index contributed by atoms with van der Waals surface area (Å²) in [6, 6.07) is 5.13. The topological polar surface area (TPSA) is 101 Å². The number of rotatable bonds is 4. The summed E-state index contributed by atoms with van der Waals surface area (Å²) < 4.78 is 1.83. The summed E-state index contributed by atoms with van der Waals surface area (Å²) in [6.45, 7) is 1.99. The highest BCUT2D eigenvalue weighted by molar-refractivity contribution is 5.94. The molecule has 4 aromatic heterocycles. The van der Waals surface area contributed by atoms with E-state index in [0.29, 0.717) is 23.5 Å². The molecule has 0 bridgehead atoms. The Labute approximate surface area is 137 Å². The maximum Gasteiger partial charge on any atom is 0.270 e. The summed E-state index contributed by atoms with van der Waals surface area (Å²) in [5.41, 5.74) is 1.70. The van der Waals surface area contributed by atoms with Gasteiger partial charge in [0.05, 0.1) is 17.9 Å². The van der Waals surface area contributed by atoms with E-state index in [9.17, 15) is 4.79 Å². The minimum atomic E-state index is -0.247. The Bertz CT molecular complexity index is 986. The third-order valence-electron chi connectivity index (χ3n) is 3.86. The van der Waals surface area contributed by atoms with Gasteiger partial charge in [-0.05, 0) is 24.6 Å². The van der Waals surface area contributed by atoms with Crippen LogP contribution in [0.3, 0.4) is 0 Å². The number of nitrogens with zero attached hydrogens (tertiary/aromatic N) is 5. The SMILES string of the molecule is CCC(NC(=O)c1ccc2cn[nH]c2n1)c1cn2cccnc2n1. The van der Waals surface area contributed by atoms with Gasteiger partial charge in [0, 0.05) is 24.0 Å². The van der Waals surface area contributed by atoms with Crippen molar-refractivity contribution in [1.82, 2.24) is 34.9 Å². The van der Waals surface area contributed by atoms with Crippen molar-refractivity contribution in [3.05, 3.63) is 54.4 Å². The van der Waals surface area contributed by atoms with Gasteiger partial charge in [-0.2, -0.15) is 5.10 Å². The van der Waals surface area contributed by atoms with Crippen LogP contribution in [0.15, 0.2) is 43.0 Å². The maximum atomic E-state index is 12.5. The molecule has 0 spiro atoms. The molecule has 0 saturated heterocycles. The number of imidazole rings is 1. The van der Waals surface area contributed by atoms with Crippen LogP contribution in [0.5, 0.6) is 0 Å². The first-order valence-corrected chi connectivity index (χ1v) is 7.65. The zero-order valence-corrected chi connectivity index (χ0v) is 13.0. The largest absolute Gasteiger partial charge is 0.342 e. The van der Waals surface area contributed by atoms with E-state index in [1.54, 1.807) is 18.5 Å². The standard InChI is InChI=1S/C16H15N7O/c1-2-11(13-9-23-7-3-6-17-16(23)21-13)20-15(24)12-5-4-10-8-18-22-14(10)19-12/h3-9,11H,2H2,1H3,(H,20,24)(H,18,19,22). The van der Waals surface area contributed by atoms with Gasteiger partial charge in [-0.25, -0.2) is 15.0 Å². The lowest BCUT2D eigenvalue weighted by Crippen LogP contribution is -2.29. The molecule has 1 amide bonds. The number of H-pyrrole nitrogens is 1. The van der Waals surface area contributed by atoms with Crippen LogP contribution in [-0.2, 0) is 0 Å². The van der Waals surface area contributed by atoms with Gasteiger partial charge in [0.2, 0.25) is 5.78 Å².